The van der Waals surface area contributed by atoms with Crippen molar-refractivity contribution < 1.29 is 14.7 Å². The smallest absolute Gasteiger partial charge is 0.317 e. The largest absolute Gasteiger partial charge is 0.480 e. The molecule has 1 fully saturated rings. The molecule has 4 heteroatoms. The van der Waals surface area contributed by atoms with Crippen LogP contribution in [-0.4, -0.2) is 41.4 Å². The zero-order valence-corrected chi connectivity index (χ0v) is 7.82. The van der Waals surface area contributed by atoms with Crippen molar-refractivity contribution in [3.8, 4) is 0 Å². The summed E-state index contributed by atoms with van der Waals surface area (Å²) in [7, 11) is 0. The van der Waals surface area contributed by atoms with Gasteiger partial charge in [0, 0.05) is 5.92 Å². The second kappa shape index (κ2) is 4.37. The molecule has 1 aliphatic rings. The fraction of sp³-hybridized carbons (Fsp3) is 0.778. The van der Waals surface area contributed by atoms with Gasteiger partial charge in [-0.1, -0.05) is 0 Å². The summed E-state index contributed by atoms with van der Waals surface area (Å²) < 4.78 is 0. The van der Waals surface area contributed by atoms with Crippen LogP contribution in [-0.2, 0) is 9.59 Å². The van der Waals surface area contributed by atoms with Crippen LogP contribution >= 0.6 is 0 Å². The molecule has 1 saturated heterocycles. The van der Waals surface area contributed by atoms with Gasteiger partial charge in [-0.2, -0.15) is 0 Å². The molecule has 0 unspecified atom stereocenters. The van der Waals surface area contributed by atoms with E-state index < -0.39 is 5.97 Å². The summed E-state index contributed by atoms with van der Waals surface area (Å²) >= 11 is 0. The molecule has 13 heavy (non-hydrogen) atoms. The highest BCUT2D eigenvalue weighted by molar-refractivity contribution is 5.78. The lowest BCUT2D eigenvalue weighted by molar-refractivity contribution is -0.138. The quantitative estimate of drug-likeness (QED) is 0.690. The Bertz CT molecular complexity index is 207. The molecule has 1 rings (SSSR count). The number of carbonyl (C=O) groups excluding carboxylic acids is 1. The molecule has 0 radical (unpaired) electrons. The van der Waals surface area contributed by atoms with Crippen LogP contribution in [0.5, 0.6) is 0 Å². The molecule has 0 bridgehead atoms. The summed E-state index contributed by atoms with van der Waals surface area (Å²) in [4.78, 5) is 23.2. The highest BCUT2D eigenvalue weighted by Gasteiger charge is 2.22. The molecule has 4 nitrogen and oxygen atoms in total. The zero-order valence-electron chi connectivity index (χ0n) is 7.82. The Labute approximate surface area is 77.5 Å². The van der Waals surface area contributed by atoms with Crippen molar-refractivity contribution in [1.29, 1.82) is 0 Å². The first kappa shape index (κ1) is 10.2. The van der Waals surface area contributed by atoms with Crippen molar-refractivity contribution >= 4 is 11.8 Å². The van der Waals surface area contributed by atoms with Crippen LogP contribution in [0.3, 0.4) is 0 Å². The van der Waals surface area contributed by atoms with Crippen LogP contribution in [0.25, 0.3) is 0 Å². The van der Waals surface area contributed by atoms with Gasteiger partial charge in [-0.25, -0.2) is 0 Å². The van der Waals surface area contributed by atoms with Crippen LogP contribution in [0, 0.1) is 5.92 Å². The van der Waals surface area contributed by atoms with Crippen LogP contribution in [0.1, 0.15) is 19.8 Å². The first-order chi connectivity index (χ1) is 6.09. The molecule has 1 N–H and O–H groups in total. The summed E-state index contributed by atoms with van der Waals surface area (Å²) in [5.41, 5.74) is 0. The maximum absolute atomic E-state index is 11.0. The van der Waals surface area contributed by atoms with Crippen molar-refractivity contribution in [3.63, 3.8) is 0 Å². The Morgan fingerprint density at radius 3 is 2.31 bits per heavy atom. The van der Waals surface area contributed by atoms with Crippen molar-refractivity contribution in [2.24, 2.45) is 5.92 Å². The number of hydrogen-bond donors (Lipinski definition) is 1. The van der Waals surface area contributed by atoms with Crippen molar-refractivity contribution in [3.05, 3.63) is 0 Å². The molecule has 1 heterocycles. The Kier molecular flexibility index (Phi) is 3.42. The highest BCUT2D eigenvalue weighted by atomic mass is 16.4. The van der Waals surface area contributed by atoms with Gasteiger partial charge in [-0.05, 0) is 32.9 Å². The summed E-state index contributed by atoms with van der Waals surface area (Å²) in [5, 5.41) is 8.53. The fourth-order valence-corrected chi connectivity index (χ4v) is 1.69. The van der Waals surface area contributed by atoms with Crippen LogP contribution in [0.15, 0.2) is 0 Å². The number of hydrogen-bond acceptors (Lipinski definition) is 3. The number of nitrogens with zero attached hydrogens (tertiary/aromatic N) is 1. The van der Waals surface area contributed by atoms with E-state index in [0.29, 0.717) is 0 Å². The van der Waals surface area contributed by atoms with Gasteiger partial charge in [-0.3, -0.25) is 14.5 Å². The topological polar surface area (TPSA) is 57.6 Å². The number of Topliss-reactive ketones (excluding diaryl/α,β-unsaturated/α-hetero) is 1. The second-order valence-corrected chi connectivity index (χ2v) is 3.55. The van der Waals surface area contributed by atoms with Gasteiger partial charge in [-0.15, -0.1) is 0 Å². The fourth-order valence-electron chi connectivity index (χ4n) is 1.69. The molecular weight excluding hydrogens is 170 g/mol. The van der Waals surface area contributed by atoms with Crippen molar-refractivity contribution in [2.45, 2.75) is 19.8 Å². The van der Waals surface area contributed by atoms with Crippen molar-refractivity contribution in [1.82, 2.24) is 4.90 Å². The normalized spacial score (nSPS) is 20.1. The number of carboxylic acid groups (broad SMARTS) is 1. The van der Waals surface area contributed by atoms with Gasteiger partial charge >= 0.3 is 5.97 Å². The minimum absolute atomic E-state index is 0.102. The van der Waals surface area contributed by atoms with Crippen LogP contribution in [0.2, 0.25) is 0 Å². The van der Waals surface area contributed by atoms with E-state index in [2.05, 4.69) is 0 Å². The van der Waals surface area contributed by atoms with Crippen LogP contribution < -0.4 is 0 Å². The van der Waals surface area contributed by atoms with Gasteiger partial charge < -0.3 is 5.11 Å². The molecule has 0 atom stereocenters. The Hall–Kier alpha value is -0.900. The van der Waals surface area contributed by atoms with Gasteiger partial charge in [0.1, 0.15) is 5.78 Å². The predicted octanol–water partition coefficient (Wildman–Crippen LogP) is 0.372. The van der Waals surface area contributed by atoms with Crippen LogP contribution in [0.4, 0.5) is 0 Å². The number of carbonyl (C=O) groups is 2. The predicted molar refractivity (Wildman–Crippen MR) is 47.5 cm³/mol. The molecule has 74 valence electrons. The van der Waals surface area contributed by atoms with E-state index in [1.807, 2.05) is 4.90 Å². The van der Waals surface area contributed by atoms with Crippen molar-refractivity contribution in [2.75, 3.05) is 19.6 Å². The van der Waals surface area contributed by atoms with Gasteiger partial charge in [0.25, 0.3) is 0 Å². The third-order valence-corrected chi connectivity index (χ3v) is 2.52. The molecule has 0 amide bonds. The summed E-state index contributed by atoms with van der Waals surface area (Å²) in [6.45, 7) is 3.18. The van der Waals surface area contributed by atoms with E-state index in [0.717, 1.165) is 25.9 Å². The molecule has 0 saturated carbocycles. The van der Waals surface area contributed by atoms with E-state index in [1.54, 1.807) is 6.92 Å². The lowest BCUT2D eigenvalue weighted by atomic mass is 9.93. The Balaban J connectivity index is 2.30. The first-order valence-electron chi connectivity index (χ1n) is 4.54. The minimum Gasteiger partial charge on any atom is -0.480 e. The van der Waals surface area contributed by atoms with E-state index in [1.165, 1.54) is 0 Å². The van der Waals surface area contributed by atoms with E-state index in [-0.39, 0.29) is 18.2 Å². The molecule has 1 aliphatic heterocycles. The average molecular weight is 185 g/mol. The highest BCUT2D eigenvalue weighted by Crippen LogP contribution is 2.17. The Morgan fingerprint density at radius 1 is 1.38 bits per heavy atom. The van der Waals surface area contributed by atoms with Gasteiger partial charge in [0.15, 0.2) is 0 Å². The third kappa shape index (κ3) is 3.14. The van der Waals surface area contributed by atoms with Gasteiger partial charge in [0.2, 0.25) is 0 Å². The molecule has 0 aromatic heterocycles. The summed E-state index contributed by atoms with van der Waals surface area (Å²) in [5.74, 6) is -0.402. The lowest BCUT2D eigenvalue weighted by Gasteiger charge is -2.29. The van der Waals surface area contributed by atoms with E-state index in [9.17, 15) is 9.59 Å². The number of likely N-dealkylation sites (tertiary alicyclic amines) is 1. The monoisotopic (exact) mass is 185 g/mol. The molecule has 0 spiro atoms. The molecule has 0 aliphatic carbocycles. The minimum atomic E-state index is -0.790. The number of aliphatic carboxylic acids is 1. The number of carboxylic acids is 1. The second-order valence-electron chi connectivity index (χ2n) is 3.55. The number of ketones is 1. The summed E-state index contributed by atoms with van der Waals surface area (Å²) in [6, 6.07) is 0. The summed E-state index contributed by atoms with van der Waals surface area (Å²) in [6.07, 6.45) is 1.62. The maximum atomic E-state index is 11.0. The van der Waals surface area contributed by atoms with Gasteiger partial charge in [0.05, 0.1) is 6.54 Å². The third-order valence-electron chi connectivity index (χ3n) is 2.52. The number of piperidine rings is 1. The first-order valence-corrected chi connectivity index (χ1v) is 4.54. The molecule has 0 aromatic carbocycles. The average Bonchev–Trinajstić information content (AvgIpc) is 2.04. The standard InChI is InChI=1S/C9H15NO3/c1-7(11)8-2-4-10(5-3-8)6-9(12)13/h8H,2-6H2,1H3,(H,12,13). The van der Waals surface area contributed by atoms with E-state index >= 15 is 0 Å². The zero-order chi connectivity index (χ0) is 9.84. The van der Waals surface area contributed by atoms with E-state index in [4.69, 9.17) is 5.11 Å². The number of rotatable bonds is 3. The maximum Gasteiger partial charge on any atom is 0.317 e. The Morgan fingerprint density at radius 2 is 1.92 bits per heavy atom. The molecule has 0 aromatic rings. The molecular formula is C9H15NO3. The SMILES string of the molecule is CC(=O)C1CCN(CC(=O)O)CC1. The lowest BCUT2D eigenvalue weighted by Crippen LogP contribution is -2.38.